The first kappa shape index (κ1) is 19.4. The minimum absolute atomic E-state index is 0.00236. The first-order valence-corrected chi connectivity index (χ1v) is 11.0. The molecule has 1 amide bonds. The number of furan rings is 1. The number of hydrogen-bond acceptors (Lipinski definition) is 5. The zero-order valence-electron chi connectivity index (χ0n) is 15.5. The van der Waals surface area contributed by atoms with Crippen LogP contribution in [0.15, 0.2) is 52.0 Å². The van der Waals surface area contributed by atoms with Gasteiger partial charge in [-0.05, 0) is 50.1 Å². The maximum Gasteiger partial charge on any atom is 0.243 e. The molecule has 1 N–H and O–H groups in total. The molecule has 1 spiro atoms. The first-order valence-electron chi connectivity index (χ1n) is 9.19. The molecule has 7 nitrogen and oxygen atoms in total. The van der Waals surface area contributed by atoms with Crippen molar-refractivity contribution < 1.29 is 17.6 Å². The Bertz CT molecular complexity index is 969. The van der Waals surface area contributed by atoms with Crippen LogP contribution < -0.4 is 5.32 Å². The number of carbonyl (C=O) groups is 1. The van der Waals surface area contributed by atoms with Gasteiger partial charge in [0.25, 0.3) is 0 Å². The molecule has 2 saturated heterocycles. The van der Waals surface area contributed by atoms with Crippen molar-refractivity contribution in [3.05, 3.63) is 53.4 Å². The van der Waals surface area contributed by atoms with Gasteiger partial charge in [0.05, 0.1) is 29.4 Å². The lowest BCUT2D eigenvalue weighted by molar-refractivity contribution is -0.134. The molecular formula is C19H22ClN3O4S. The first-order chi connectivity index (χ1) is 13.3. The van der Waals surface area contributed by atoms with E-state index in [1.54, 1.807) is 35.4 Å². The van der Waals surface area contributed by atoms with E-state index in [1.807, 2.05) is 13.0 Å². The molecule has 28 heavy (non-hydrogen) atoms. The Balaban J connectivity index is 1.54. The van der Waals surface area contributed by atoms with E-state index in [0.717, 1.165) is 0 Å². The Labute approximate surface area is 169 Å². The van der Waals surface area contributed by atoms with E-state index >= 15 is 0 Å². The van der Waals surface area contributed by atoms with E-state index in [4.69, 9.17) is 16.0 Å². The van der Waals surface area contributed by atoms with Gasteiger partial charge in [0.1, 0.15) is 5.76 Å². The van der Waals surface area contributed by atoms with E-state index in [-0.39, 0.29) is 16.8 Å². The highest BCUT2D eigenvalue weighted by atomic mass is 35.5. The molecule has 0 saturated carbocycles. The molecule has 0 bridgehead atoms. The number of nitrogens with zero attached hydrogens (tertiary/aromatic N) is 2. The summed E-state index contributed by atoms with van der Waals surface area (Å²) in [4.78, 5) is 14.7. The molecule has 0 aliphatic carbocycles. The highest BCUT2D eigenvalue weighted by molar-refractivity contribution is 7.89. The second-order valence-corrected chi connectivity index (χ2v) is 9.64. The topological polar surface area (TPSA) is 82.9 Å². The molecule has 0 radical (unpaired) electrons. The van der Waals surface area contributed by atoms with E-state index in [9.17, 15) is 13.2 Å². The third-order valence-electron chi connectivity index (χ3n) is 5.52. The summed E-state index contributed by atoms with van der Waals surface area (Å²) in [5.74, 6) is 0.708. The second kappa shape index (κ2) is 7.18. The molecule has 9 heteroatoms. The number of sulfonamides is 1. The van der Waals surface area contributed by atoms with Gasteiger partial charge in [-0.15, -0.1) is 0 Å². The highest BCUT2D eigenvalue weighted by Crippen LogP contribution is 2.35. The number of carbonyl (C=O) groups excluding carboxylic acids is 1. The molecule has 2 aromatic rings. The Morgan fingerprint density at radius 1 is 1.25 bits per heavy atom. The van der Waals surface area contributed by atoms with Crippen LogP contribution in [0.2, 0.25) is 5.02 Å². The van der Waals surface area contributed by atoms with Crippen LogP contribution in [0.3, 0.4) is 0 Å². The van der Waals surface area contributed by atoms with Gasteiger partial charge in [-0.25, -0.2) is 8.42 Å². The molecule has 3 heterocycles. The minimum atomic E-state index is -3.63. The van der Waals surface area contributed by atoms with Crippen molar-refractivity contribution in [2.24, 2.45) is 0 Å². The standard InChI is InChI=1S/C19H22ClN3O4S/c1-14-18(24)23(13-16-5-3-11-27-16)19(21-14)7-9-22(10-8-19)28(25,26)17-6-2-4-15(20)12-17/h2-6,11-12,14,21H,7-10,13H2,1H3. The summed E-state index contributed by atoms with van der Waals surface area (Å²) < 4.78 is 32.8. The molecule has 4 rings (SSSR count). The number of hydrogen-bond donors (Lipinski definition) is 1. The number of benzene rings is 1. The number of piperidine rings is 1. The summed E-state index contributed by atoms with van der Waals surface area (Å²) in [7, 11) is -3.63. The van der Waals surface area contributed by atoms with Crippen LogP contribution in [0.4, 0.5) is 0 Å². The maximum absolute atomic E-state index is 13.0. The summed E-state index contributed by atoms with van der Waals surface area (Å²) >= 11 is 5.96. The number of halogens is 1. The summed E-state index contributed by atoms with van der Waals surface area (Å²) in [5.41, 5.74) is -0.566. The average Bonchev–Trinajstić information content (AvgIpc) is 3.26. The lowest BCUT2D eigenvalue weighted by atomic mass is 9.97. The van der Waals surface area contributed by atoms with E-state index in [0.29, 0.717) is 43.3 Å². The summed E-state index contributed by atoms with van der Waals surface area (Å²) in [5, 5.41) is 3.78. The maximum atomic E-state index is 13.0. The van der Waals surface area contributed by atoms with Crippen LogP contribution in [0, 0.1) is 0 Å². The van der Waals surface area contributed by atoms with Crippen molar-refractivity contribution in [1.29, 1.82) is 0 Å². The summed E-state index contributed by atoms with van der Waals surface area (Å²) in [6.07, 6.45) is 2.59. The SMILES string of the molecule is CC1NC2(CCN(S(=O)(=O)c3cccc(Cl)c3)CC2)N(Cc2ccco2)C1=O. The van der Waals surface area contributed by atoms with Crippen LogP contribution >= 0.6 is 11.6 Å². The summed E-state index contributed by atoms with van der Waals surface area (Å²) in [6, 6.07) is 9.60. The molecular weight excluding hydrogens is 402 g/mol. The fourth-order valence-corrected chi connectivity index (χ4v) is 5.81. The Kier molecular flexibility index (Phi) is 4.99. The lowest BCUT2D eigenvalue weighted by Gasteiger charge is -2.44. The van der Waals surface area contributed by atoms with Crippen LogP contribution in [0.1, 0.15) is 25.5 Å². The Morgan fingerprint density at radius 2 is 2.00 bits per heavy atom. The van der Waals surface area contributed by atoms with Gasteiger partial charge in [-0.2, -0.15) is 4.31 Å². The smallest absolute Gasteiger partial charge is 0.243 e. The van der Waals surface area contributed by atoms with E-state index in [1.165, 1.54) is 10.4 Å². The molecule has 1 unspecified atom stereocenters. The third kappa shape index (κ3) is 3.34. The van der Waals surface area contributed by atoms with Crippen molar-refractivity contribution in [2.75, 3.05) is 13.1 Å². The predicted octanol–water partition coefficient (Wildman–Crippen LogP) is 2.43. The molecule has 1 aromatic heterocycles. The largest absolute Gasteiger partial charge is 0.467 e. The van der Waals surface area contributed by atoms with Crippen molar-refractivity contribution in [1.82, 2.24) is 14.5 Å². The molecule has 2 aliphatic rings. The molecule has 2 aliphatic heterocycles. The van der Waals surface area contributed by atoms with Crippen LogP contribution in [0.25, 0.3) is 0 Å². The summed E-state index contributed by atoms with van der Waals surface area (Å²) in [6.45, 7) is 2.83. The molecule has 1 aromatic carbocycles. The van der Waals surface area contributed by atoms with Gasteiger partial charge < -0.3 is 9.32 Å². The van der Waals surface area contributed by atoms with Gasteiger partial charge >= 0.3 is 0 Å². The van der Waals surface area contributed by atoms with Crippen molar-refractivity contribution in [3.63, 3.8) is 0 Å². The molecule has 2 fully saturated rings. The highest BCUT2D eigenvalue weighted by Gasteiger charge is 2.51. The van der Waals surface area contributed by atoms with E-state index < -0.39 is 15.7 Å². The van der Waals surface area contributed by atoms with Gasteiger partial charge in [0.2, 0.25) is 15.9 Å². The molecule has 1 atom stereocenters. The Morgan fingerprint density at radius 3 is 2.64 bits per heavy atom. The normalized spacial score (nSPS) is 22.9. The fraction of sp³-hybridized carbons (Fsp3) is 0.421. The fourth-order valence-electron chi connectivity index (χ4n) is 4.06. The quantitative estimate of drug-likeness (QED) is 0.816. The van der Waals surface area contributed by atoms with Crippen LogP contribution in [-0.4, -0.2) is 48.3 Å². The van der Waals surface area contributed by atoms with Crippen molar-refractivity contribution in [3.8, 4) is 0 Å². The monoisotopic (exact) mass is 423 g/mol. The Hall–Kier alpha value is -1.87. The zero-order valence-corrected chi connectivity index (χ0v) is 17.0. The van der Waals surface area contributed by atoms with Gasteiger partial charge in [0, 0.05) is 18.1 Å². The van der Waals surface area contributed by atoms with Gasteiger partial charge in [-0.1, -0.05) is 17.7 Å². The third-order valence-corrected chi connectivity index (χ3v) is 7.65. The number of rotatable bonds is 4. The lowest BCUT2D eigenvalue weighted by Crippen LogP contribution is -2.59. The zero-order chi connectivity index (χ0) is 19.9. The predicted molar refractivity (Wildman–Crippen MR) is 104 cm³/mol. The second-order valence-electron chi connectivity index (χ2n) is 7.26. The average molecular weight is 424 g/mol. The van der Waals surface area contributed by atoms with Gasteiger partial charge in [-0.3, -0.25) is 10.1 Å². The van der Waals surface area contributed by atoms with Crippen LogP contribution in [0.5, 0.6) is 0 Å². The number of nitrogens with one attached hydrogen (secondary N) is 1. The van der Waals surface area contributed by atoms with E-state index in [2.05, 4.69) is 5.32 Å². The van der Waals surface area contributed by atoms with Crippen molar-refractivity contribution >= 4 is 27.5 Å². The molecule has 150 valence electrons. The minimum Gasteiger partial charge on any atom is -0.467 e. The number of amides is 1. The van der Waals surface area contributed by atoms with Gasteiger partial charge in [0.15, 0.2) is 0 Å². The van der Waals surface area contributed by atoms with Crippen molar-refractivity contribution in [2.45, 2.75) is 42.9 Å². The van der Waals surface area contributed by atoms with Crippen LogP contribution in [-0.2, 0) is 21.4 Å².